The molecule has 0 aliphatic heterocycles. The summed E-state index contributed by atoms with van der Waals surface area (Å²) in [6.07, 6.45) is 1.05. The van der Waals surface area contributed by atoms with E-state index in [0.29, 0.717) is 12.1 Å². The molecule has 0 spiro atoms. The molecule has 4 nitrogen and oxygen atoms in total. The summed E-state index contributed by atoms with van der Waals surface area (Å²) in [7, 11) is 1.82. The van der Waals surface area contributed by atoms with E-state index in [1.165, 1.54) is 5.56 Å². The summed E-state index contributed by atoms with van der Waals surface area (Å²) in [5, 5.41) is 6.81. The maximum Gasteiger partial charge on any atom is 0.191 e. The Morgan fingerprint density at radius 2 is 1.74 bits per heavy atom. The monoisotopic (exact) mass is 432 g/mol. The van der Waals surface area contributed by atoms with Crippen LogP contribution in [0.4, 0.5) is 0 Å². The van der Waals surface area contributed by atoms with Crippen LogP contribution in [-0.4, -0.2) is 49.6 Å². The van der Waals surface area contributed by atoms with E-state index in [1.54, 1.807) is 0 Å². The molecule has 0 saturated carbocycles. The summed E-state index contributed by atoms with van der Waals surface area (Å²) in [6, 6.07) is 11.6. The van der Waals surface area contributed by atoms with E-state index < -0.39 is 0 Å². The minimum absolute atomic E-state index is 0. The number of hydrogen-bond acceptors (Lipinski definition) is 2. The van der Waals surface area contributed by atoms with Gasteiger partial charge in [-0.3, -0.25) is 9.89 Å². The maximum atomic E-state index is 4.29. The van der Waals surface area contributed by atoms with Crippen LogP contribution in [0.15, 0.2) is 35.3 Å². The Morgan fingerprint density at radius 1 is 1.13 bits per heavy atom. The second-order valence-electron chi connectivity index (χ2n) is 5.82. The fourth-order valence-corrected chi connectivity index (χ4v) is 2.64. The summed E-state index contributed by atoms with van der Waals surface area (Å²) in [5.41, 5.74) is 1.38. The maximum absolute atomic E-state index is 4.29. The van der Waals surface area contributed by atoms with Crippen LogP contribution in [0.5, 0.6) is 0 Å². The van der Waals surface area contributed by atoms with E-state index in [1.807, 2.05) is 7.05 Å². The first-order valence-electron chi connectivity index (χ1n) is 8.35. The van der Waals surface area contributed by atoms with Gasteiger partial charge in [-0.25, -0.2) is 0 Å². The van der Waals surface area contributed by atoms with Gasteiger partial charge in [0, 0.05) is 25.7 Å². The third-order valence-corrected chi connectivity index (χ3v) is 3.80. The zero-order valence-electron chi connectivity index (χ0n) is 15.2. The normalized spacial score (nSPS) is 12.9. The van der Waals surface area contributed by atoms with Gasteiger partial charge in [-0.05, 0) is 38.9 Å². The second-order valence-corrected chi connectivity index (χ2v) is 5.82. The van der Waals surface area contributed by atoms with Crippen molar-refractivity contribution in [2.75, 3.05) is 26.7 Å². The van der Waals surface area contributed by atoms with Gasteiger partial charge in [0.2, 0.25) is 0 Å². The first kappa shape index (κ1) is 22.2. The lowest BCUT2D eigenvalue weighted by Crippen LogP contribution is -2.49. The molecule has 5 heteroatoms. The standard InChI is InChI=1S/C18H32N4.HI/c1-6-22(7-2)17(13-16-11-9-8-10-12-16)14-20-18(19-5)21-15(3)4;/h8-12,15,17H,6-7,13-14H2,1-5H3,(H2,19,20,21);1H. The highest BCUT2D eigenvalue weighted by Crippen LogP contribution is 2.08. The number of likely N-dealkylation sites (N-methyl/N-ethyl adjacent to an activating group) is 1. The van der Waals surface area contributed by atoms with Crippen LogP contribution in [0.2, 0.25) is 0 Å². The fraction of sp³-hybridized carbons (Fsp3) is 0.611. The van der Waals surface area contributed by atoms with Gasteiger partial charge in [0.05, 0.1) is 0 Å². The van der Waals surface area contributed by atoms with E-state index >= 15 is 0 Å². The molecule has 0 aromatic heterocycles. The summed E-state index contributed by atoms with van der Waals surface area (Å²) < 4.78 is 0. The largest absolute Gasteiger partial charge is 0.355 e. The molecule has 1 rings (SSSR count). The molecule has 0 aliphatic carbocycles. The van der Waals surface area contributed by atoms with Crippen molar-refractivity contribution in [2.24, 2.45) is 4.99 Å². The molecule has 0 aliphatic rings. The van der Waals surface area contributed by atoms with Crippen molar-refractivity contribution in [1.82, 2.24) is 15.5 Å². The first-order valence-corrected chi connectivity index (χ1v) is 8.35. The molecular weight excluding hydrogens is 399 g/mol. The Hall–Kier alpha value is -0.820. The van der Waals surface area contributed by atoms with Crippen LogP contribution >= 0.6 is 24.0 Å². The molecule has 1 aromatic carbocycles. The smallest absolute Gasteiger partial charge is 0.191 e. The van der Waals surface area contributed by atoms with Gasteiger partial charge in [0.15, 0.2) is 5.96 Å². The van der Waals surface area contributed by atoms with Gasteiger partial charge < -0.3 is 10.6 Å². The molecule has 0 fully saturated rings. The van der Waals surface area contributed by atoms with Crippen molar-refractivity contribution in [3.63, 3.8) is 0 Å². The number of benzene rings is 1. The Labute approximate surface area is 159 Å². The lowest BCUT2D eigenvalue weighted by molar-refractivity contribution is 0.215. The van der Waals surface area contributed by atoms with E-state index in [-0.39, 0.29) is 24.0 Å². The van der Waals surface area contributed by atoms with Gasteiger partial charge in [-0.1, -0.05) is 44.2 Å². The number of guanidine groups is 1. The summed E-state index contributed by atoms with van der Waals surface area (Å²) in [4.78, 5) is 6.80. The van der Waals surface area contributed by atoms with Crippen LogP contribution in [0, 0.1) is 0 Å². The molecule has 1 atom stereocenters. The quantitative estimate of drug-likeness (QED) is 0.377. The topological polar surface area (TPSA) is 39.7 Å². The molecular formula is C18H33IN4. The van der Waals surface area contributed by atoms with Crippen molar-refractivity contribution in [1.29, 1.82) is 0 Å². The highest BCUT2D eigenvalue weighted by atomic mass is 127. The molecule has 1 aromatic rings. The molecule has 23 heavy (non-hydrogen) atoms. The molecule has 0 saturated heterocycles. The number of aliphatic imine (C=N–C) groups is 1. The molecule has 0 heterocycles. The van der Waals surface area contributed by atoms with E-state index in [2.05, 4.69) is 78.6 Å². The number of hydrogen-bond donors (Lipinski definition) is 2. The zero-order chi connectivity index (χ0) is 16.4. The summed E-state index contributed by atoms with van der Waals surface area (Å²) in [6.45, 7) is 11.7. The lowest BCUT2D eigenvalue weighted by Gasteiger charge is -2.30. The molecule has 0 radical (unpaired) electrons. The van der Waals surface area contributed by atoms with Gasteiger partial charge >= 0.3 is 0 Å². The third kappa shape index (κ3) is 8.55. The van der Waals surface area contributed by atoms with Gasteiger partial charge in [-0.15, -0.1) is 24.0 Å². The Balaban J connectivity index is 0.00000484. The second kappa shape index (κ2) is 12.6. The summed E-state index contributed by atoms with van der Waals surface area (Å²) in [5.74, 6) is 0.875. The van der Waals surface area contributed by atoms with Crippen molar-refractivity contribution in [3.8, 4) is 0 Å². The van der Waals surface area contributed by atoms with Crippen LogP contribution in [0.3, 0.4) is 0 Å². The van der Waals surface area contributed by atoms with E-state index in [9.17, 15) is 0 Å². The fourth-order valence-electron chi connectivity index (χ4n) is 2.64. The molecule has 132 valence electrons. The average molecular weight is 432 g/mol. The highest BCUT2D eigenvalue weighted by Gasteiger charge is 2.16. The Bertz CT molecular complexity index is 430. The lowest BCUT2D eigenvalue weighted by atomic mass is 10.0. The minimum Gasteiger partial charge on any atom is -0.355 e. The first-order chi connectivity index (χ1) is 10.6. The van der Waals surface area contributed by atoms with Crippen molar-refractivity contribution in [3.05, 3.63) is 35.9 Å². The van der Waals surface area contributed by atoms with Gasteiger partial charge in [-0.2, -0.15) is 0 Å². The predicted octanol–water partition coefficient (Wildman–Crippen LogP) is 3.13. The van der Waals surface area contributed by atoms with Crippen LogP contribution in [-0.2, 0) is 6.42 Å². The van der Waals surface area contributed by atoms with Crippen LogP contribution < -0.4 is 10.6 Å². The van der Waals surface area contributed by atoms with Crippen molar-refractivity contribution < 1.29 is 0 Å². The molecule has 1 unspecified atom stereocenters. The number of rotatable bonds is 8. The van der Waals surface area contributed by atoms with Gasteiger partial charge in [0.25, 0.3) is 0 Å². The molecule has 0 bridgehead atoms. The Morgan fingerprint density at radius 3 is 2.22 bits per heavy atom. The third-order valence-electron chi connectivity index (χ3n) is 3.80. The highest BCUT2D eigenvalue weighted by molar-refractivity contribution is 14.0. The zero-order valence-corrected chi connectivity index (χ0v) is 17.5. The number of halogens is 1. The van der Waals surface area contributed by atoms with Gasteiger partial charge in [0.1, 0.15) is 0 Å². The molecule has 0 amide bonds. The predicted molar refractivity (Wildman–Crippen MR) is 112 cm³/mol. The van der Waals surface area contributed by atoms with Crippen molar-refractivity contribution >= 4 is 29.9 Å². The van der Waals surface area contributed by atoms with E-state index in [4.69, 9.17) is 0 Å². The minimum atomic E-state index is 0. The van der Waals surface area contributed by atoms with Crippen LogP contribution in [0.25, 0.3) is 0 Å². The number of nitrogens with zero attached hydrogens (tertiary/aromatic N) is 2. The summed E-state index contributed by atoms with van der Waals surface area (Å²) >= 11 is 0. The average Bonchev–Trinajstić information content (AvgIpc) is 2.52. The number of nitrogens with one attached hydrogen (secondary N) is 2. The van der Waals surface area contributed by atoms with E-state index in [0.717, 1.165) is 32.0 Å². The SMILES string of the molecule is CCN(CC)C(CNC(=NC)NC(C)C)Cc1ccccc1.I. The Kier molecular flexibility index (Phi) is 12.1. The van der Waals surface area contributed by atoms with Crippen molar-refractivity contribution in [2.45, 2.75) is 46.2 Å². The molecule has 2 N–H and O–H groups in total. The van der Waals surface area contributed by atoms with Crippen LogP contribution in [0.1, 0.15) is 33.3 Å².